The lowest BCUT2D eigenvalue weighted by molar-refractivity contribution is -0.120. The first-order chi connectivity index (χ1) is 13.7. The third-order valence-electron chi connectivity index (χ3n) is 5.03. The predicted molar refractivity (Wildman–Crippen MR) is 113 cm³/mol. The first kappa shape index (κ1) is 18.7. The van der Waals surface area contributed by atoms with Crippen molar-refractivity contribution in [3.05, 3.63) is 60.7 Å². The van der Waals surface area contributed by atoms with Gasteiger partial charge >= 0.3 is 0 Å². The van der Waals surface area contributed by atoms with Gasteiger partial charge in [-0.25, -0.2) is 0 Å². The van der Waals surface area contributed by atoms with E-state index in [1.54, 1.807) is 0 Å². The number of rotatable bonds is 6. The van der Waals surface area contributed by atoms with Gasteiger partial charge in [-0.15, -0.1) is 10.2 Å². The van der Waals surface area contributed by atoms with Gasteiger partial charge in [-0.3, -0.25) is 9.36 Å². The molecule has 1 heterocycles. The molecule has 1 saturated carbocycles. The fourth-order valence-corrected chi connectivity index (χ4v) is 4.41. The van der Waals surface area contributed by atoms with E-state index in [0.717, 1.165) is 35.1 Å². The third-order valence-corrected chi connectivity index (χ3v) is 6.08. The molecule has 28 heavy (non-hydrogen) atoms. The largest absolute Gasteiger partial charge is 0.352 e. The highest BCUT2D eigenvalue weighted by Gasteiger charge is 2.24. The van der Waals surface area contributed by atoms with Gasteiger partial charge in [0.2, 0.25) is 5.91 Å². The minimum atomic E-state index is -0.240. The molecule has 144 valence electrons. The van der Waals surface area contributed by atoms with Crippen molar-refractivity contribution >= 4 is 17.7 Å². The monoisotopic (exact) mass is 392 g/mol. The second kappa shape index (κ2) is 8.61. The summed E-state index contributed by atoms with van der Waals surface area (Å²) in [4.78, 5) is 12.6. The molecule has 5 nitrogen and oxygen atoms in total. The fourth-order valence-electron chi connectivity index (χ4n) is 3.53. The van der Waals surface area contributed by atoms with Crippen molar-refractivity contribution in [2.75, 3.05) is 0 Å². The van der Waals surface area contributed by atoms with Crippen LogP contribution in [0.25, 0.3) is 17.1 Å². The van der Waals surface area contributed by atoms with Crippen LogP contribution in [0.5, 0.6) is 0 Å². The third kappa shape index (κ3) is 4.12. The standard InChI is InChI=1S/C22H24N4OS/c1-16(21(27)23-18-12-8-9-13-18)28-22-25-24-20(17-10-4-2-5-11-17)26(22)19-14-6-3-7-15-19/h2-7,10-11,14-16,18H,8-9,12-13H2,1H3,(H,23,27). The smallest absolute Gasteiger partial charge is 0.233 e. The summed E-state index contributed by atoms with van der Waals surface area (Å²) >= 11 is 1.45. The maximum atomic E-state index is 12.6. The van der Waals surface area contributed by atoms with Crippen LogP contribution in [-0.4, -0.2) is 32.0 Å². The van der Waals surface area contributed by atoms with E-state index in [1.807, 2.05) is 72.2 Å². The average molecular weight is 393 g/mol. The molecule has 2 aromatic carbocycles. The summed E-state index contributed by atoms with van der Waals surface area (Å²) in [6.45, 7) is 1.93. The van der Waals surface area contributed by atoms with E-state index in [2.05, 4.69) is 15.5 Å². The van der Waals surface area contributed by atoms with Crippen LogP contribution in [0, 0.1) is 0 Å². The number of carbonyl (C=O) groups excluding carboxylic acids is 1. The number of benzene rings is 2. The molecule has 1 atom stereocenters. The van der Waals surface area contributed by atoms with Crippen molar-refractivity contribution in [1.82, 2.24) is 20.1 Å². The Bertz CT molecular complexity index is 920. The molecule has 0 radical (unpaired) electrons. The Morgan fingerprint density at radius 1 is 1.04 bits per heavy atom. The van der Waals surface area contributed by atoms with Gasteiger partial charge in [0, 0.05) is 17.3 Å². The molecule has 1 fully saturated rings. The van der Waals surface area contributed by atoms with E-state index in [0.29, 0.717) is 6.04 Å². The van der Waals surface area contributed by atoms with Gasteiger partial charge in [-0.05, 0) is 31.9 Å². The summed E-state index contributed by atoms with van der Waals surface area (Å²) in [6.07, 6.45) is 4.58. The van der Waals surface area contributed by atoms with Crippen LogP contribution in [0.1, 0.15) is 32.6 Å². The van der Waals surface area contributed by atoms with Crippen LogP contribution in [-0.2, 0) is 4.79 Å². The maximum absolute atomic E-state index is 12.6. The number of thioether (sulfide) groups is 1. The van der Waals surface area contributed by atoms with Gasteiger partial charge in [-0.2, -0.15) is 0 Å². The van der Waals surface area contributed by atoms with Gasteiger partial charge in [0.25, 0.3) is 0 Å². The Hall–Kier alpha value is -2.60. The van der Waals surface area contributed by atoms with Gasteiger partial charge in [0.1, 0.15) is 0 Å². The molecule has 6 heteroatoms. The van der Waals surface area contributed by atoms with Crippen molar-refractivity contribution in [3.63, 3.8) is 0 Å². The maximum Gasteiger partial charge on any atom is 0.233 e. The van der Waals surface area contributed by atoms with Gasteiger partial charge in [-0.1, -0.05) is 73.1 Å². The van der Waals surface area contributed by atoms with Gasteiger partial charge in [0.15, 0.2) is 11.0 Å². The van der Waals surface area contributed by atoms with E-state index < -0.39 is 0 Å². The lowest BCUT2D eigenvalue weighted by atomic mass is 10.2. The molecule has 0 saturated heterocycles. The molecular formula is C22H24N4OS. The van der Waals surface area contributed by atoms with E-state index in [4.69, 9.17) is 0 Å². The van der Waals surface area contributed by atoms with Crippen molar-refractivity contribution < 1.29 is 4.79 Å². The number of carbonyl (C=O) groups is 1. The molecule has 1 aliphatic carbocycles. The lowest BCUT2D eigenvalue weighted by Crippen LogP contribution is -2.37. The zero-order valence-corrected chi connectivity index (χ0v) is 16.7. The Morgan fingerprint density at radius 2 is 1.68 bits per heavy atom. The lowest BCUT2D eigenvalue weighted by Gasteiger charge is -2.17. The number of hydrogen-bond donors (Lipinski definition) is 1. The highest BCUT2D eigenvalue weighted by molar-refractivity contribution is 8.00. The van der Waals surface area contributed by atoms with Gasteiger partial charge < -0.3 is 5.32 Å². The number of para-hydroxylation sites is 1. The number of aromatic nitrogens is 3. The second-order valence-electron chi connectivity index (χ2n) is 7.09. The predicted octanol–water partition coefficient (Wildman–Crippen LogP) is 4.47. The molecule has 1 unspecified atom stereocenters. The summed E-state index contributed by atoms with van der Waals surface area (Å²) in [5, 5.41) is 12.5. The molecule has 1 aliphatic rings. The second-order valence-corrected chi connectivity index (χ2v) is 8.40. The molecular weight excluding hydrogens is 368 g/mol. The van der Waals surface area contributed by atoms with Crippen LogP contribution in [0.4, 0.5) is 0 Å². The number of amides is 1. The van der Waals surface area contributed by atoms with E-state index in [-0.39, 0.29) is 11.2 Å². The van der Waals surface area contributed by atoms with E-state index in [9.17, 15) is 4.79 Å². The Labute approximate surface area is 169 Å². The van der Waals surface area contributed by atoms with Crippen LogP contribution >= 0.6 is 11.8 Å². The molecule has 4 rings (SSSR count). The fraction of sp³-hybridized carbons (Fsp3) is 0.318. The molecule has 0 spiro atoms. The molecule has 0 aliphatic heterocycles. The minimum Gasteiger partial charge on any atom is -0.352 e. The van der Waals surface area contributed by atoms with Crippen molar-refractivity contribution in [3.8, 4) is 17.1 Å². The summed E-state index contributed by atoms with van der Waals surface area (Å²) < 4.78 is 2.03. The highest BCUT2D eigenvalue weighted by atomic mass is 32.2. The van der Waals surface area contributed by atoms with E-state index in [1.165, 1.54) is 24.6 Å². The number of hydrogen-bond acceptors (Lipinski definition) is 4. The van der Waals surface area contributed by atoms with Crippen LogP contribution < -0.4 is 5.32 Å². The molecule has 1 aromatic heterocycles. The van der Waals surface area contributed by atoms with Crippen LogP contribution in [0.15, 0.2) is 65.8 Å². The summed E-state index contributed by atoms with van der Waals surface area (Å²) in [5.74, 6) is 0.846. The van der Waals surface area contributed by atoms with Crippen molar-refractivity contribution in [2.24, 2.45) is 0 Å². The first-order valence-electron chi connectivity index (χ1n) is 9.75. The quantitative estimate of drug-likeness (QED) is 0.629. The zero-order valence-electron chi connectivity index (χ0n) is 15.9. The molecule has 1 N–H and O–H groups in total. The molecule has 3 aromatic rings. The summed E-state index contributed by atoms with van der Waals surface area (Å²) in [5.41, 5.74) is 1.98. The molecule has 0 bridgehead atoms. The van der Waals surface area contributed by atoms with Crippen molar-refractivity contribution in [2.45, 2.75) is 49.1 Å². The highest BCUT2D eigenvalue weighted by Crippen LogP contribution is 2.30. The topological polar surface area (TPSA) is 59.8 Å². The van der Waals surface area contributed by atoms with Gasteiger partial charge in [0.05, 0.1) is 5.25 Å². The van der Waals surface area contributed by atoms with Crippen molar-refractivity contribution in [1.29, 1.82) is 0 Å². The Morgan fingerprint density at radius 3 is 2.36 bits per heavy atom. The average Bonchev–Trinajstić information content (AvgIpc) is 3.39. The zero-order chi connectivity index (χ0) is 19.3. The number of nitrogens with one attached hydrogen (secondary N) is 1. The Balaban J connectivity index is 1.61. The Kier molecular flexibility index (Phi) is 5.76. The summed E-state index contributed by atoms with van der Waals surface area (Å²) in [6, 6.07) is 20.4. The van der Waals surface area contributed by atoms with Crippen LogP contribution in [0.2, 0.25) is 0 Å². The minimum absolute atomic E-state index is 0.0702. The SMILES string of the molecule is CC(Sc1nnc(-c2ccccc2)n1-c1ccccc1)C(=O)NC1CCCC1. The number of nitrogens with zero attached hydrogens (tertiary/aromatic N) is 3. The van der Waals surface area contributed by atoms with Crippen LogP contribution in [0.3, 0.4) is 0 Å². The van der Waals surface area contributed by atoms with E-state index >= 15 is 0 Å². The molecule has 1 amide bonds. The first-order valence-corrected chi connectivity index (χ1v) is 10.6. The summed E-state index contributed by atoms with van der Waals surface area (Å²) in [7, 11) is 0. The normalized spacial score (nSPS) is 15.5.